The molecule has 0 spiro atoms. The molecule has 0 atom stereocenters. The molecule has 106 valence electrons. The van der Waals surface area contributed by atoms with Crippen LogP contribution in [0.2, 0.25) is 0 Å². The maximum Gasteiger partial charge on any atom is 0.263 e. The molecule has 0 saturated heterocycles. The zero-order chi connectivity index (χ0) is 14.8. The first kappa shape index (κ1) is 14.5. The van der Waals surface area contributed by atoms with E-state index in [2.05, 4.69) is 9.71 Å². The Bertz CT molecular complexity index is 710. The fourth-order valence-corrected chi connectivity index (χ4v) is 2.81. The van der Waals surface area contributed by atoms with E-state index < -0.39 is 10.0 Å². The lowest BCUT2D eigenvalue weighted by Crippen LogP contribution is -2.14. The maximum absolute atomic E-state index is 12.3. The molecule has 3 N–H and O–H groups in total. The van der Waals surface area contributed by atoms with Gasteiger partial charge in [0, 0.05) is 12.7 Å². The number of nitrogens with one attached hydrogen (secondary N) is 1. The Hall–Kier alpha value is -1.92. The van der Waals surface area contributed by atoms with Gasteiger partial charge in [-0.25, -0.2) is 8.42 Å². The Morgan fingerprint density at radius 2 is 1.95 bits per heavy atom. The highest BCUT2D eigenvalue weighted by Gasteiger charge is 2.15. The number of rotatable bonds is 4. The molecule has 0 saturated carbocycles. The van der Waals surface area contributed by atoms with Gasteiger partial charge in [0.15, 0.2) is 0 Å². The van der Waals surface area contributed by atoms with Gasteiger partial charge >= 0.3 is 0 Å². The minimum atomic E-state index is -3.63. The van der Waals surface area contributed by atoms with Crippen molar-refractivity contribution < 1.29 is 8.42 Å². The van der Waals surface area contributed by atoms with E-state index in [1.165, 1.54) is 12.3 Å². The lowest BCUT2D eigenvalue weighted by atomic mass is 10.1. The van der Waals surface area contributed by atoms with Gasteiger partial charge in [-0.15, -0.1) is 0 Å². The van der Waals surface area contributed by atoms with Gasteiger partial charge in [0.05, 0.1) is 11.4 Å². The smallest absolute Gasteiger partial charge is 0.263 e. The lowest BCUT2D eigenvalue weighted by Gasteiger charge is -2.11. The number of nitrogens with two attached hydrogens (primary N) is 1. The van der Waals surface area contributed by atoms with E-state index in [0.717, 1.165) is 11.1 Å². The molecule has 0 unspecified atom stereocenters. The van der Waals surface area contributed by atoms with Gasteiger partial charge in [-0.2, -0.15) is 0 Å². The molecular formula is C14H17N3O2S. The molecule has 2 rings (SSSR count). The molecule has 20 heavy (non-hydrogen) atoms. The Morgan fingerprint density at radius 1 is 1.20 bits per heavy atom. The molecule has 2 aromatic rings. The zero-order valence-corrected chi connectivity index (χ0v) is 12.2. The second-order valence-electron chi connectivity index (χ2n) is 4.61. The zero-order valence-electron chi connectivity index (χ0n) is 11.4. The summed E-state index contributed by atoms with van der Waals surface area (Å²) in [5.41, 5.74) is 8.52. The van der Waals surface area contributed by atoms with Crippen molar-refractivity contribution in [1.29, 1.82) is 0 Å². The van der Waals surface area contributed by atoms with E-state index in [4.69, 9.17) is 5.73 Å². The van der Waals surface area contributed by atoms with Crippen molar-refractivity contribution in [3.8, 4) is 0 Å². The van der Waals surface area contributed by atoms with E-state index in [1.54, 1.807) is 12.1 Å². The van der Waals surface area contributed by atoms with Gasteiger partial charge in [0.1, 0.15) is 4.90 Å². The van der Waals surface area contributed by atoms with E-state index in [9.17, 15) is 8.42 Å². The number of aromatic nitrogens is 1. The van der Waals surface area contributed by atoms with Crippen LogP contribution in [0.3, 0.4) is 0 Å². The standard InChI is InChI=1S/C14H17N3O2S/c1-10-3-4-11(2)14(7-10)17-20(18,19)13-6-5-12(8-15)16-9-13/h3-7,9,17H,8,15H2,1-2H3. The van der Waals surface area contributed by atoms with Crippen LogP contribution in [0.4, 0.5) is 5.69 Å². The average Bonchev–Trinajstić information content (AvgIpc) is 2.43. The third-order valence-electron chi connectivity index (χ3n) is 2.95. The second kappa shape index (κ2) is 5.60. The molecule has 0 aliphatic rings. The molecule has 6 heteroatoms. The number of nitrogens with zero attached hydrogens (tertiary/aromatic N) is 1. The molecule has 0 bridgehead atoms. The van der Waals surface area contributed by atoms with Crippen molar-refractivity contribution in [3.05, 3.63) is 53.3 Å². The number of benzene rings is 1. The molecule has 0 aliphatic heterocycles. The van der Waals surface area contributed by atoms with Crippen LogP contribution in [0.5, 0.6) is 0 Å². The SMILES string of the molecule is Cc1ccc(C)c(NS(=O)(=O)c2ccc(CN)nc2)c1. The predicted molar refractivity (Wildman–Crippen MR) is 78.9 cm³/mol. The Kier molecular flexibility index (Phi) is 4.06. The molecule has 0 radical (unpaired) electrons. The Balaban J connectivity index is 2.32. The van der Waals surface area contributed by atoms with Gasteiger partial charge in [-0.3, -0.25) is 9.71 Å². The highest BCUT2D eigenvalue weighted by Crippen LogP contribution is 2.20. The third kappa shape index (κ3) is 3.15. The number of aryl methyl sites for hydroxylation is 2. The summed E-state index contributed by atoms with van der Waals surface area (Å²) in [4.78, 5) is 4.12. The maximum atomic E-state index is 12.3. The number of anilines is 1. The summed E-state index contributed by atoms with van der Waals surface area (Å²) in [5.74, 6) is 0. The summed E-state index contributed by atoms with van der Waals surface area (Å²) in [6.45, 7) is 4.05. The monoisotopic (exact) mass is 291 g/mol. The van der Waals surface area contributed by atoms with Crippen LogP contribution in [-0.4, -0.2) is 13.4 Å². The van der Waals surface area contributed by atoms with Crippen LogP contribution < -0.4 is 10.5 Å². The molecule has 1 aromatic carbocycles. The molecule has 0 fully saturated rings. The van der Waals surface area contributed by atoms with Crippen LogP contribution in [0.1, 0.15) is 16.8 Å². The Labute approximate surface area is 118 Å². The highest BCUT2D eigenvalue weighted by molar-refractivity contribution is 7.92. The summed E-state index contributed by atoms with van der Waals surface area (Å²) in [6.07, 6.45) is 1.32. The van der Waals surface area contributed by atoms with Gasteiger partial charge in [0.25, 0.3) is 10.0 Å². The molecule has 0 aliphatic carbocycles. The van der Waals surface area contributed by atoms with Crippen molar-refractivity contribution >= 4 is 15.7 Å². The van der Waals surface area contributed by atoms with Crippen molar-refractivity contribution in [2.24, 2.45) is 5.73 Å². The second-order valence-corrected chi connectivity index (χ2v) is 6.30. The first-order chi connectivity index (χ1) is 9.42. The van der Waals surface area contributed by atoms with Crippen LogP contribution in [-0.2, 0) is 16.6 Å². The summed E-state index contributed by atoms with van der Waals surface area (Å²) >= 11 is 0. The molecule has 1 aromatic heterocycles. The fourth-order valence-electron chi connectivity index (χ4n) is 1.74. The largest absolute Gasteiger partial charge is 0.325 e. The van der Waals surface area contributed by atoms with Crippen molar-refractivity contribution in [2.45, 2.75) is 25.3 Å². The van der Waals surface area contributed by atoms with E-state index >= 15 is 0 Å². The first-order valence-corrected chi connectivity index (χ1v) is 7.66. The van der Waals surface area contributed by atoms with E-state index in [1.807, 2.05) is 26.0 Å². The quantitative estimate of drug-likeness (QED) is 0.901. The first-order valence-electron chi connectivity index (χ1n) is 6.17. The fraction of sp³-hybridized carbons (Fsp3) is 0.214. The number of pyridine rings is 1. The van der Waals surface area contributed by atoms with Crippen molar-refractivity contribution in [3.63, 3.8) is 0 Å². The summed E-state index contributed by atoms with van der Waals surface area (Å²) in [7, 11) is -3.63. The van der Waals surface area contributed by atoms with Gasteiger partial charge < -0.3 is 5.73 Å². The van der Waals surface area contributed by atoms with Crippen LogP contribution in [0.15, 0.2) is 41.4 Å². The normalized spacial score (nSPS) is 11.3. The van der Waals surface area contributed by atoms with Gasteiger partial charge in [0.2, 0.25) is 0 Å². The van der Waals surface area contributed by atoms with Crippen LogP contribution >= 0.6 is 0 Å². The number of hydrogen-bond donors (Lipinski definition) is 2. The topological polar surface area (TPSA) is 85.1 Å². The molecule has 5 nitrogen and oxygen atoms in total. The van der Waals surface area contributed by atoms with Crippen molar-refractivity contribution in [2.75, 3.05) is 4.72 Å². The summed E-state index contributed by atoms with van der Waals surface area (Å²) in [5, 5.41) is 0. The van der Waals surface area contributed by atoms with Crippen LogP contribution in [0.25, 0.3) is 0 Å². The number of hydrogen-bond acceptors (Lipinski definition) is 4. The van der Waals surface area contributed by atoms with Crippen LogP contribution in [0, 0.1) is 13.8 Å². The molecular weight excluding hydrogens is 274 g/mol. The Morgan fingerprint density at radius 3 is 2.55 bits per heavy atom. The third-order valence-corrected chi connectivity index (χ3v) is 4.31. The summed E-state index contributed by atoms with van der Waals surface area (Å²) < 4.78 is 27.1. The molecule has 0 amide bonds. The van der Waals surface area contributed by atoms with E-state index in [-0.39, 0.29) is 11.4 Å². The number of sulfonamides is 1. The average molecular weight is 291 g/mol. The predicted octanol–water partition coefficient (Wildman–Crippen LogP) is 1.96. The van der Waals surface area contributed by atoms with Gasteiger partial charge in [-0.05, 0) is 43.2 Å². The lowest BCUT2D eigenvalue weighted by molar-refractivity contribution is 0.600. The molecule has 1 heterocycles. The minimum absolute atomic E-state index is 0.121. The highest BCUT2D eigenvalue weighted by atomic mass is 32.2. The minimum Gasteiger partial charge on any atom is -0.325 e. The van der Waals surface area contributed by atoms with Gasteiger partial charge in [-0.1, -0.05) is 12.1 Å². The summed E-state index contributed by atoms with van der Waals surface area (Å²) in [6, 6.07) is 8.72. The van der Waals surface area contributed by atoms with E-state index in [0.29, 0.717) is 11.4 Å². The van der Waals surface area contributed by atoms with Crippen molar-refractivity contribution in [1.82, 2.24) is 4.98 Å².